The lowest BCUT2D eigenvalue weighted by Crippen LogP contribution is -2.37. The van der Waals surface area contributed by atoms with Crippen LogP contribution in [-0.2, 0) is 14.3 Å². The molecule has 8 nitrogen and oxygen atoms in total. The number of ether oxygens (including phenoxy) is 3. The highest BCUT2D eigenvalue weighted by molar-refractivity contribution is 9.10. The molecule has 132 valence electrons. The molecule has 0 bridgehead atoms. The van der Waals surface area contributed by atoms with Crippen molar-refractivity contribution in [1.29, 1.82) is 0 Å². The van der Waals surface area contributed by atoms with Crippen LogP contribution < -0.4 is 20.1 Å². The molecule has 0 fully saturated rings. The predicted octanol–water partition coefficient (Wildman–Crippen LogP) is 0.875. The minimum absolute atomic E-state index is 0.185. The van der Waals surface area contributed by atoms with E-state index in [-0.39, 0.29) is 18.0 Å². The number of hydrogen-bond acceptors (Lipinski definition) is 6. The highest BCUT2D eigenvalue weighted by Gasteiger charge is 2.17. The molecule has 0 unspecified atom stereocenters. The van der Waals surface area contributed by atoms with Gasteiger partial charge in [0.25, 0.3) is 5.91 Å². The molecule has 0 saturated carbocycles. The maximum absolute atomic E-state index is 12.1. The molecule has 24 heavy (non-hydrogen) atoms. The monoisotopic (exact) mass is 402 g/mol. The summed E-state index contributed by atoms with van der Waals surface area (Å²) in [7, 11) is 2.93. The SMILES string of the molecule is CCOc1cc(C(=O)OCC(=O)NCC(=O)NC)cc(Br)c1OC. The normalized spacial score (nSPS) is 9.83. The number of hydrogen-bond donors (Lipinski definition) is 2. The van der Waals surface area contributed by atoms with Gasteiger partial charge in [0.05, 0.1) is 30.3 Å². The molecule has 0 heterocycles. The first-order valence-corrected chi connectivity index (χ1v) is 7.86. The van der Waals surface area contributed by atoms with Gasteiger partial charge in [-0.3, -0.25) is 9.59 Å². The largest absolute Gasteiger partial charge is 0.492 e. The Kier molecular flexibility index (Phi) is 8.03. The summed E-state index contributed by atoms with van der Waals surface area (Å²) < 4.78 is 16.1. The van der Waals surface area contributed by atoms with Gasteiger partial charge in [-0.2, -0.15) is 0 Å². The van der Waals surface area contributed by atoms with Gasteiger partial charge in [-0.05, 0) is 35.0 Å². The zero-order valence-corrected chi connectivity index (χ0v) is 15.2. The van der Waals surface area contributed by atoms with Gasteiger partial charge in [0.2, 0.25) is 5.91 Å². The van der Waals surface area contributed by atoms with Crippen LogP contribution in [0.3, 0.4) is 0 Å². The topological polar surface area (TPSA) is 103 Å². The first-order valence-electron chi connectivity index (χ1n) is 7.07. The van der Waals surface area contributed by atoms with Gasteiger partial charge in [-0.25, -0.2) is 4.79 Å². The molecule has 1 aromatic carbocycles. The quantitative estimate of drug-likeness (QED) is 0.625. The maximum atomic E-state index is 12.1. The lowest BCUT2D eigenvalue weighted by atomic mass is 10.2. The molecule has 1 aromatic rings. The van der Waals surface area contributed by atoms with E-state index in [1.165, 1.54) is 26.3 Å². The summed E-state index contributed by atoms with van der Waals surface area (Å²) in [5.74, 6) is -0.795. The number of carbonyl (C=O) groups is 3. The molecule has 0 spiro atoms. The average molecular weight is 403 g/mol. The highest BCUT2D eigenvalue weighted by Crippen LogP contribution is 2.36. The number of esters is 1. The van der Waals surface area contributed by atoms with Gasteiger partial charge in [0, 0.05) is 7.05 Å². The van der Waals surface area contributed by atoms with Crippen molar-refractivity contribution in [3.05, 3.63) is 22.2 Å². The number of methoxy groups -OCH3 is 1. The summed E-state index contributed by atoms with van der Waals surface area (Å²) >= 11 is 3.29. The Bertz CT molecular complexity index is 620. The Morgan fingerprint density at radius 1 is 1.21 bits per heavy atom. The van der Waals surface area contributed by atoms with E-state index in [1.807, 2.05) is 0 Å². The number of likely N-dealkylation sites (N-methyl/N-ethyl adjacent to an activating group) is 1. The number of rotatable bonds is 8. The van der Waals surface area contributed by atoms with Crippen molar-refractivity contribution in [2.45, 2.75) is 6.92 Å². The standard InChI is InChI=1S/C15H19BrN2O6/c1-4-23-11-6-9(5-10(16)14(11)22-3)15(21)24-8-13(20)18-7-12(19)17-2/h5-6H,4,7-8H2,1-3H3,(H,17,19)(H,18,20). The van der Waals surface area contributed by atoms with Gasteiger partial charge >= 0.3 is 5.97 Å². The van der Waals surface area contributed by atoms with Crippen LogP contribution >= 0.6 is 15.9 Å². The van der Waals surface area contributed by atoms with Crippen LogP contribution in [0.5, 0.6) is 11.5 Å². The molecule has 0 aliphatic heterocycles. The Balaban J connectivity index is 2.71. The third-order valence-electron chi connectivity index (χ3n) is 2.81. The minimum atomic E-state index is -0.700. The van der Waals surface area contributed by atoms with E-state index in [1.54, 1.807) is 6.92 Å². The van der Waals surface area contributed by atoms with Crippen molar-refractivity contribution in [2.24, 2.45) is 0 Å². The fourth-order valence-electron chi connectivity index (χ4n) is 1.68. The van der Waals surface area contributed by atoms with Crippen molar-refractivity contribution in [2.75, 3.05) is 33.9 Å². The molecule has 0 aliphatic carbocycles. The molecule has 9 heteroatoms. The van der Waals surface area contributed by atoms with Gasteiger partial charge in [0.15, 0.2) is 18.1 Å². The van der Waals surface area contributed by atoms with Crippen LogP contribution in [0, 0.1) is 0 Å². The van der Waals surface area contributed by atoms with Crippen LogP contribution in [0.25, 0.3) is 0 Å². The fourth-order valence-corrected chi connectivity index (χ4v) is 2.28. The van der Waals surface area contributed by atoms with Crippen molar-refractivity contribution in [1.82, 2.24) is 10.6 Å². The lowest BCUT2D eigenvalue weighted by molar-refractivity contribution is -0.127. The lowest BCUT2D eigenvalue weighted by Gasteiger charge is -2.13. The molecule has 2 N–H and O–H groups in total. The number of nitrogens with one attached hydrogen (secondary N) is 2. The summed E-state index contributed by atoms with van der Waals surface area (Å²) in [6.45, 7) is 1.51. The Hall–Kier alpha value is -2.29. The molecule has 1 rings (SSSR count). The predicted molar refractivity (Wildman–Crippen MR) is 89.2 cm³/mol. The summed E-state index contributed by atoms with van der Waals surface area (Å²) in [5.41, 5.74) is 0.199. The zero-order valence-electron chi connectivity index (χ0n) is 13.6. The van der Waals surface area contributed by atoms with Crippen LogP contribution in [-0.4, -0.2) is 51.7 Å². The van der Waals surface area contributed by atoms with Gasteiger partial charge in [-0.1, -0.05) is 0 Å². The molecule has 2 amide bonds. The van der Waals surface area contributed by atoms with Crippen molar-refractivity contribution < 1.29 is 28.6 Å². The van der Waals surface area contributed by atoms with Gasteiger partial charge in [-0.15, -0.1) is 0 Å². The third-order valence-corrected chi connectivity index (χ3v) is 3.40. The van der Waals surface area contributed by atoms with E-state index < -0.39 is 18.5 Å². The average Bonchev–Trinajstić information content (AvgIpc) is 2.57. The Morgan fingerprint density at radius 3 is 2.50 bits per heavy atom. The van der Waals surface area contributed by atoms with Crippen molar-refractivity contribution in [3.63, 3.8) is 0 Å². The van der Waals surface area contributed by atoms with E-state index in [2.05, 4.69) is 26.6 Å². The molecular formula is C15H19BrN2O6. The highest BCUT2D eigenvalue weighted by atomic mass is 79.9. The van der Waals surface area contributed by atoms with E-state index in [0.29, 0.717) is 22.6 Å². The van der Waals surface area contributed by atoms with E-state index >= 15 is 0 Å². The number of carbonyl (C=O) groups excluding carboxylic acids is 3. The van der Waals surface area contributed by atoms with Gasteiger partial charge in [0.1, 0.15) is 0 Å². The van der Waals surface area contributed by atoms with Crippen LogP contribution in [0.4, 0.5) is 0 Å². The Labute approximate surface area is 148 Å². The third kappa shape index (κ3) is 5.73. The van der Waals surface area contributed by atoms with Crippen LogP contribution in [0.1, 0.15) is 17.3 Å². The molecule has 0 saturated heterocycles. The molecule has 0 aromatic heterocycles. The second-order valence-corrected chi connectivity index (χ2v) is 5.30. The summed E-state index contributed by atoms with van der Waals surface area (Å²) in [4.78, 5) is 34.6. The second kappa shape index (κ2) is 9.76. The second-order valence-electron chi connectivity index (χ2n) is 4.45. The van der Waals surface area contributed by atoms with Crippen molar-refractivity contribution in [3.8, 4) is 11.5 Å². The minimum Gasteiger partial charge on any atom is -0.492 e. The van der Waals surface area contributed by atoms with E-state index in [9.17, 15) is 14.4 Å². The van der Waals surface area contributed by atoms with E-state index in [4.69, 9.17) is 14.2 Å². The summed E-state index contributed by atoms with van der Waals surface area (Å²) in [6, 6.07) is 2.98. The summed E-state index contributed by atoms with van der Waals surface area (Å²) in [5, 5.41) is 4.67. The summed E-state index contributed by atoms with van der Waals surface area (Å²) in [6.07, 6.45) is 0. The molecule has 0 radical (unpaired) electrons. The first-order chi connectivity index (χ1) is 11.4. The van der Waals surface area contributed by atoms with Crippen LogP contribution in [0.2, 0.25) is 0 Å². The molecular weight excluding hydrogens is 384 g/mol. The van der Waals surface area contributed by atoms with Crippen molar-refractivity contribution >= 4 is 33.7 Å². The number of amides is 2. The van der Waals surface area contributed by atoms with Gasteiger partial charge < -0.3 is 24.8 Å². The zero-order chi connectivity index (χ0) is 18.1. The number of halogens is 1. The first kappa shape index (κ1) is 19.8. The fraction of sp³-hybridized carbons (Fsp3) is 0.400. The van der Waals surface area contributed by atoms with E-state index in [0.717, 1.165) is 0 Å². The number of benzene rings is 1. The molecule has 0 atom stereocenters. The maximum Gasteiger partial charge on any atom is 0.338 e. The Morgan fingerprint density at radius 2 is 1.92 bits per heavy atom. The smallest absolute Gasteiger partial charge is 0.338 e. The molecule has 0 aliphatic rings. The van der Waals surface area contributed by atoms with Crippen LogP contribution in [0.15, 0.2) is 16.6 Å².